The second kappa shape index (κ2) is 4.77. The van der Waals surface area contributed by atoms with Crippen LogP contribution in [-0.2, 0) is 0 Å². The molecule has 4 heteroatoms. The number of aromatic nitrogens is 1. The van der Waals surface area contributed by atoms with E-state index in [1.54, 1.807) is 11.3 Å². The average Bonchev–Trinajstić information content (AvgIpc) is 2.74. The summed E-state index contributed by atoms with van der Waals surface area (Å²) in [4.78, 5) is 4.29. The van der Waals surface area contributed by atoms with Crippen molar-refractivity contribution in [3.63, 3.8) is 0 Å². The Morgan fingerprint density at radius 1 is 1.47 bits per heavy atom. The Balaban J connectivity index is 2.47. The molecule has 0 amide bonds. The summed E-state index contributed by atoms with van der Waals surface area (Å²) in [5, 5.41) is 2.02. The van der Waals surface area contributed by atoms with E-state index in [0.29, 0.717) is 6.61 Å². The molecular formula is C11H10BrNOS. The Kier molecular flexibility index (Phi) is 3.38. The first-order valence-electron chi connectivity index (χ1n) is 4.62. The second-order valence-electron chi connectivity index (χ2n) is 2.95. The van der Waals surface area contributed by atoms with E-state index in [9.17, 15) is 0 Å². The molecule has 0 unspecified atom stereocenters. The van der Waals surface area contributed by atoms with Gasteiger partial charge in [-0.1, -0.05) is 15.9 Å². The van der Waals surface area contributed by atoms with Crippen LogP contribution < -0.4 is 4.74 Å². The zero-order valence-electron chi connectivity index (χ0n) is 8.24. The lowest BCUT2D eigenvalue weighted by Crippen LogP contribution is -1.94. The number of rotatable bonds is 3. The van der Waals surface area contributed by atoms with Gasteiger partial charge in [0, 0.05) is 15.4 Å². The van der Waals surface area contributed by atoms with Crippen molar-refractivity contribution in [3.8, 4) is 17.0 Å². The molecule has 0 N–H and O–H groups in total. The molecule has 0 aliphatic carbocycles. The Morgan fingerprint density at radius 2 is 2.33 bits per heavy atom. The van der Waals surface area contributed by atoms with Crippen LogP contribution in [0.25, 0.3) is 11.3 Å². The maximum Gasteiger partial charge on any atom is 0.128 e. The van der Waals surface area contributed by atoms with Gasteiger partial charge in [-0.05, 0) is 25.1 Å². The Bertz CT molecular complexity index is 442. The molecule has 1 aromatic carbocycles. The van der Waals surface area contributed by atoms with Crippen LogP contribution in [0.5, 0.6) is 5.75 Å². The summed E-state index contributed by atoms with van der Waals surface area (Å²) < 4.78 is 6.60. The Morgan fingerprint density at radius 3 is 3.00 bits per heavy atom. The van der Waals surface area contributed by atoms with E-state index in [1.165, 1.54) is 0 Å². The van der Waals surface area contributed by atoms with Gasteiger partial charge >= 0.3 is 0 Å². The Labute approximate surface area is 101 Å². The first-order chi connectivity index (χ1) is 7.31. The molecule has 0 saturated heterocycles. The van der Waals surface area contributed by atoms with E-state index >= 15 is 0 Å². The highest BCUT2D eigenvalue weighted by molar-refractivity contribution is 9.10. The summed E-state index contributed by atoms with van der Waals surface area (Å²) in [7, 11) is 0. The molecule has 0 saturated carbocycles. The van der Waals surface area contributed by atoms with Crippen LogP contribution in [-0.4, -0.2) is 11.6 Å². The molecule has 78 valence electrons. The van der Waals surface area contributed by atoms with Gasteiger partial charge in [-0.25, -0.2) is 4.98 Å². The molecule has 0 spiro atoms. The van der Waals surface area contributed by atoms with E-state index in [1.807, 2.05) is 36.0 Å². The zero-order chi connectivity index (χ0) is 10.7. The SMILES string of the molecule is CCOc1ccc(Br)cc1-c1cscn1. The van der Waals surface area contributed by atoms with E-state index in [0.717, 1.165) is 21.5 Å². The average molecular weight is 284 g/mol. The van der Waals surface area contributed by atoms with Gasteiger partial charge < -0.3 is 4.74 Å². The summed E-state index contributed by atoms with van der Waals surface area (Å²) in [5.41, 5.74) is 3.82. The number of hydrogen-bond donors (Lipinski definition) is 0. The molecule has 0 radical (unpaired) electrons. The van der Waals surface area contributed by atoms with Crippen LogP contribution in [0.3, 0.4) is 0 Å². The third-order valence-corrected chi connectivity index (χ3v) is 3.03. The van der Waals surface area contributed by atoms with Crippen molar-refractivity contribution in [3.05, 3.63) is 33.6 Å². The fourth-order valence-electron chi connectivity index (χ4n) is 1.33. The van der Waals surface area contributed by atoms with Crippen LogP contribution in [0.4, 0.5) is 0 Å². The summed E-state index contributed by atoms with van der Waals surface area (Å²) in [6.07, 6.45) is 0. The third-order valence-electron chi connectivity index (χ3n) is 1.95. The van der Waals surface area contributed by atoms with Gasteiger partial charge in [0.2, 0.25) is 0 Å². The van der Waals surface area contributed by atoms with Crippen molar-refractivity contribution >= 4 is 27.3 Å². The van der Waals surface area contributed by atoms with Gasteiger partial charge in [0.25, 0.3) is 0 Å². The molecule has 0 atom stereocenters. The van der Waals surface area contributed by atoms with Crippen LogP contribution in [0.2, 0.25) is 0 Å². The highest BCUT2D eigenvalue weighted by atomic mass is 79.9. The number of nitrogens with zero attached hydrogens (tertiary/aromatic N) is 1. The summed E-state index contributed by atoms with van der Waals surface area (Å²) >= 11 is 5.04. The molecule has 0 fully saturated rings. The van der Waals surface area contributed by atoms with Gasteiger partial charge in [0.05, 0.1) is 17.8 Å². The van der Waals surface area contributed by atoms with Crippen LogP contribution in [0, 0.1) is 0 Å². The van der Waals surface area contributed by atoms with E-state index in [4.69, 9.17) is 4.74 Å². The fraction of sp³-hybridized carbons (Fsp3) is 0.182. The number of thiazole rings is 1. The summed E-state index contributed by atoms with van der Waals surface area (Å²) in [6.45, 7) is 2.64. The van der Waals surface area contributed by atoms with Gasteiger partial charge in [-0.2, -0.15) is 0 Å². The second-order valence-corrected chi connectivity index (χ2v) is 4.58. The normalized spacial score (nSPS) is 10.3. The lowest BCUT2D eigenvalue weighted by molar-refractivity contribution is 0.341. The first kappa shape index (κ1) is 10.6. The van der Waals surface area contributed by atoms with E-state index in [2.05, 4.69) is 20.9 Å². The lowest BCUT2D eigenvalue weighted by atomic mass is 10.1. The molecule has 0 aliphatic heterocycles. The highest BCUT2D eigenvalue weighted by Crippen LogP contribution is 2.32. The molecule has 2 aromatic rings. The largest absolute Gasteiger partial charge is 0.493 e. The zero-order valence-corrected chi connectivity index (χ0v) is 10.6. The molecule has 1 aromatic heterocycles. The maximum absolute atomic E-state index is 5.56. The number of halogens is 1. The molecule has 15 heavy (non-hydrogen) atoms. The van der Waals surface area contributed by atoms with Crippen molar-refractivity contribution < 1.29 is 4.74 Å². The van der Waals surface area contributed by atoms with Gasteiger partial charge in [-0.3, -0.25) is 0 Å². The number of hydrogen-bond acceptors (Lipinski definition) is 3. The highest BCUT2D eigenvalue weighted by Gasteiger charge is 2.08. The van der Waals surface area contributed by atoms with E-state index in [-0.39, 0.29) is 0 Å². The molecule has 0 bridgehead atoms. The van der Waals surface area contributed by atoms with Crippen molar-refractivity contribution in [2.45, 2.75) is 6.92 Å². The monoisotopic (exact) mass is 283 g/mol. The Hall–Kier alpha value is -0.870. The topological polar surface area (TPSA) is 22.1 Å². The maximum atomic E-state index is 5.56. The van der Waals surface area contributed by atoms with Crippen LogP contribution in [0.1, 0.15) is 6.92 Å². The fourth-order valence-corrected chi connectivity index (χ4v) is 2.24. The van der Waals surface area contributed by atoms with Crippen molar-refractivity contribution in [1.29, 1.82) is 0 Å². The molecule has 2 nitrogen and oxygen atoms in total. The lowest BCUT2D eigenvalue weighted by Gasteiger charge is -2.08. The predicted molar refractivity (Wildman–Crippen MR) is 66.4 cm³/mol. The number of benzene rings is 1. The third kappa shape index (κ3) is 2.38. The van der Waals surface area contributed by atoms with Crippen molar-refractivity contribution in [2.75, 3.05) is 6.61 Å². The van der Waals surface area contributed by atoms with Crippen LogP contribution >= 0.6 is 27.3 Å². The van der Waals surface area contributed by atoms with Crippen molar-refractivity contribution in [2.24, 2.45) is 0 Å². The molecule has 0 aliphatic rings. The minimum absolute atomic E-state index is 0.665. The minimum atomic E-state index is 0.665. The standard InChI is InChI=1S/C11H10BrNOS/c1-2-14-11-4-3-8(12)5-9(11)10-6-15-7-13-10/h3-7H,2H2,1H3. The smallest absolute Gasteiger partial charge is 0.128 e. The first-order valence-corrected chi connectivity index (χ1v) is 6.35. The quantitative estimate of drug-likeness (QED) is 0.850. The van der Waals surface area contributed by atoms with Gasteiger partial charge in [0.15, 0.2) is 0 Å². The van der Waals surface area contributed by atoms with Crippen molar-refractivity contribution in [1.82, 2.24) is 4.98 Å². The minimum Gasteiger partial charge on any atom is -0.493 e. The van der Waals surface area contributed by atoms with Crippen LogP contribution in [0.15, 0.2) is 33.6 Å². The summed E-state index contributed by atoms with van der Waals surface area (Å²) in [6, 6.07) is 5.96. The predicted octanol–water partition coefficient (Wildman–Crippen LogP) is 3.97. The molecule has 1 heterocycles. The summed E-state index contributed by atoms with van der Waals surface area (Å²) in [5.74, 6) is 0.881. The van der Waals surface area contributed by atoms with Gasteiger partial charge in [0.1, 0.15) is 5.75 Å². The number of ether oxygens (including phenoxy) is 1. The van der Waals surface area contributed by atoms with Gasteiger partial charge in [-0.15, -0.1) is 11.3 Å². The molecular weight excluding hydrogens is 274 g/mol. The molecule has 2 rings (SSSR count). The van der Waals surface area contributed by atoms with E-state index < -0.39 is 0 Å².